The Balaban J connectivity index is 2.37. The van der Waals surface area contributed by atoms with Crippen LogP contribution in [0.2, 0.25) is 0 Å². The maximum atomic E-state index is 5.00. The second-order valence-electron chi connectivity index (χ2n) is 2.43. The van der Waals surface area contributed by atoms with Crippen molar-refractivity contribution < 1.29 is 4.74 Å². The van der Waals surface area contributed by atoms with Gasteiger partial charge in [0.05, 0.1) is 0 Å². The molecule has 1 aromatic rings. The third-order valence-corrected chi connectivity index (χ3v) is 1.66. The summed E-state index contributed by atoms with van der Waals surface area (Å²) < 4.78 is 4.81. The van der Waals surface area contributed by atoms with E-state index in [-0.39, 0.29) is 0 Å². The number of nitrogens with one attached hydrogen (secondary N) is 2. The molecule has 0 atom stereocenters. The zero-order chi connectivity index (χ0) is 9.52. The van der Waals surface area contributed by atoms with Crippen LogP contribution in [0.3, 0.4) is 0 Å². The van der Waals surface area contributed by atoms with E-state index in [1.165, 1.54) is 0 Å². The lowest BCUT2D eigenvalue weighted by atomic mass is 10.3. The van der Waals surface area contributed by atoms with E-state index in [1.807, 2.05) is 30.3 Å². The van der Waals surface area contributed by atoms with Crippen LogP contribution in [-0.2, 0) is 4.74 Å². The summed E-state index contributed by atoms with van der Waals surface area (Å²) in [7, 11) is 1.61. The molecule has 0 spiro atoms. The van der Waals surface area contributed by atoms with E-state index in [2.05, 4.69) is 10.6 Å². The van der Waals surface area contributed by atoms with E-state index in [1.54, 1.807) is 7.11 Å². The average molecular weight is 196 g/mol. The van der Waals surface area contributed by atoms with E-state index >= 15 is 0 Å². The number of ether oxygens (including phenoxy) is 1. The van der Waals surface area contributed by atoms with Crippen LogP contribution in [0, 0.1) is 0 Å². The van der Waals surface area contributed by atoms with Gasteiger partial charge in [0.15, 0.2) is 5.11 Å². The van der Waals surface area contributed by atoms with Crippen LogP contribution in [0.4, 0.5) is 5.69 Å². The van der Waals surface area contributed by atoms with Crippen molar-refractivity contribution in [2.75, 3.05) is 19.2 Å². The van der Waals surface area contributed by atoms with E-state index < -0.39 is 0 Å². The van der Waals surface area contributed by atoms with Crippen molar-refractivity contribution in [3.8, 4) is 0 Å². The summed E-state index contributed by atoms with van der Waals surface area (Å²) in [6, 6.07) is 9.74. The van der Waals surface area contributed by atoms with E-state index in [0.717, 1.165) is 5.69 Å². The van der Waals surface area contributed by atoms with Crippen molar-refractivity contribution in [2.24, 2.45) is 0 Å². The first-order valence-corrected chi connectivity index (χ1v) is 4.32. The summed E-state index contributed by atoms with van der Waals surface area (Å²) in [5, 5.41) is 6.46. The second kappa shape index (κ2) is 5.50. The van der Waals surface area contributed by atoms with Gasteiger partial charge in [-0.2, -0.15) is 0 Å². The number of para-hydroxylation sites is 1. The summed E-state index contributed by atoms with van der Waals surface area (Å²) in [4.78, 5) is 0. The van der Waals surface area contributed by atoms with Crippen LogP contribution >= 0.6 is 12.2 Å². The van der Waals surface area contributed by atoms with Gasteiger partial charge in [-0.05, 0) is 24.4 Å². The molecule has 0 saturated heterocycles. The van der Waals surface area contributed by atoms with Crippen LogP contribution in [0.15, 0.2) is 30.3 Å². The maximum Gasteiger partial charge on any atom is 0.172 e. The minimum atomic E-state index is 0.415. The fraction of sp³-hybridized carbons (Fsp3) is 0.222. The molecule has 0 unspecified atom stereocenters. The van der Waals surface area contributed by atoms with Crippen LogP contribution in [-0.4, -0.2) is 19.0 Å². The Labute approximate surface area is 83.1 Å². The first kappa shape index (κ1) is 9.95. The predicted octanol–water partition coefficient (Wildman–Crippen LogP) is 1.58. The number of hydrogen-bond acceptors (Lipinski definition) is 2. The Morgan fingerprint density at radius 1 is 1.38 bits per heavy atom. The Morgan fingerprint density at radius 2 is 2.08 bits per heavy atom. The summed E-state index contributed by atoms with van der Waals surface area (Å²) in [6.07, 6.45) is 0. The first-order valence-electron chi connectivity index (χ1n) is 3.92. The molecule has 0 amide bonds. The van der Waals surface area contributed by atoms with Crippen molar-refractivity contribution in [3.63, 3.8) is 0 Å². The molecule has 0 bridgehead atoms. The highest BCUT2D eigenvalue weighted by atomic mass is 32.1. The lowest BCUT2D eigenvalue weighted by molar-refractivity contribution is 0.193. The number of thiocarbonyl (C=S) groups is 1. The first-order chi connectivity index (χ1) is 6.33. The fourth-order valence-electron chi connectivity index (χ4n) is 0.834. The van der Waals surface area contributed by atoms with Crippen LogP contribution in [0.5, 0.6) is 0 Å². The second-order valence-corrected chi connectivity index (χ2v) is 2.84. The minimum absolute atomic E-state index is 0.415. The van der Waals surface area contributed by atoms with E-state index in [9.17, 15) is 0 Å². The van der Waals surface area contributed by atoms with Crippen molar-refractivity contribution in [2.45, 2.75) is 0 Å². The van der Waals surface area contributed by atoms with Crippen molar-refractivity contribution in [1.29, 1.82) is 0 Å². The van der Waals surface area contributed by atoms with Crippen LogP contribution in [0.1, 0.15) is 0 Å². The number of hydrogen-bond donors (Lipinski definition) is 2. The molecule has 2 N–H and O–H groups in total. The summed E-state index contributed by atoms with van der Waals surface area (Å²) in [6.45, 7) is 0.415. The van der Waals surface area contributed by atoms with Crippen LogP contribution in [0.25, 0.3) is 0 Å². The van der Waals surface area contributed by atoms with Crippen molar-refractivity contribution >= 4 is 23.0 Å². The number of methoxy groups -OCH3 is 1. The zero-order valence-corrected chi connectivity index (χ0v) is 8.23. The van der Waals surface area contributed by atoms with Crippen LogP contribution < -0.4 is 10.6 Å². The minimum Gasteiger partial charge on any atom is -0.365 e. The number of benzene rings is 1. The van der Waals surface area contributed by atoms with Gasteiger partial charge < -0.3 is 15.4 Å². The van der Waals surface area contributed by atoms with Gasteiger partial charge in [0.2, 0.25) is 0 Å². The predicted molar refractivity (Wildman–Crippen MR) is 57.7 cm³/mol. The molecule has 70 valence electrons. The van der Waals surface area contributed by atoms with E-state index in [4.69, 9.17) is 17.0 Å². The van der Waals surface area contributed by atoms with Gasteiger partial charge in [-0.15, -0.1) is 0 Å². The third-order valence-electron chi connectivity index (χ3n) is 1.41. The topological polar surface area (TPSA) is 33.3 Å². The average Bonchev–Trinajstić information content (AvgIpc) is 2.16. The lowest BCUT2D eigenvalue weighted by Crippen LogP contribution is -2.29. The molecular weight excluding hydrogens is 184 g/mol. The quantitative estimate of drug-likeness (QED) is 0.568. The maximum absolute atomic E-state index is 5.00. The molecule has 1 aromatic carbocycles. The molecule has 1 rings (SSSR count). The lowest BCUT2D eigenvalue weighted by Gasteiger charge is -2.08. The van der Waals surface area contributed by atoms with Crippen molar-refractivity contribution in [3.05, 3.63) is 30.3 Å². The number of anilines is 1. The third kappa shape index (κ3) is 3.87. The van der Waals surface area contributed by atoms with Gasteiger partial charge >= 0.3 is 0 Å². The number of rotatable bonds is 3. The SMILES string of the molecule is COCNC(=S)Nc1ccccc1. The zero-order valence-electron chi connectivity index (χ0n) is 7.41. The van der Waals surface area contributed by atoms with Gasteiger partial charge in [-0.1, -0.05) is 18.2 Å². The fourth-order valence-corrected chi connectivity index (χ4v) is 1.01. The largest absolute Gasteiger partial charge is 0.365 e. The highest BCUT2D eigenvalue weighted by Gasteiger charge is 1.93. The van der Waals surface area contributed by atoms with Gasteiger partial charge in [0.25, 0.3) is 0 Å². The molecule has 0 fully saturated rings. The summed E-state index contributed by atoms with van der Waals surface area (Å²) >= 11 is 5.00. The molecule has 0 aliphatic heterocycles. The van der Waals surface area contributed by atoms with E-state index in [0.29, 0.717) is 11.8 Å². The highest BCUT2D eigenvalue weighted by Crippen LogP contribution is 2.03. The molecule has 0 aromatic heterocycles. The molecule has 4 heteroatoms. The molecule has 0 radical (unpaired) electrons. The molecule has 0 heterocycles. The normalized spacial score (nSPS) is 9.31. The Kier molecular flexibility index (Phi) is 4.21. The van der Waals surface area contributed by atoms with Gasteiger partial charge in [0, 0.05) is 12.8 Å². The highest BCUT2D eigenvalue weighted by molar-refractivity contribution is 7.80. The van der Waals surface area contributed by atoms with Gasteiger partial charge in [0.1, 0.15) is 6.73 Å². The van der Waals surface area contributed by atoms with Crippen molar-refractivity contribution in [1.82, 2.24) is 5.32 Å². The Hall–Kier alpha value is -1.13. The molecule has 0 saturated carbocycles. The summed E-state index contributed by atoms with van der Waals surface area (Å²) in [5.74, 6) is 0. The standard InChI is InChI=1S/C9H12N2OS/c1-12-7-10-9(13)11-8-5-3-2-4-6-8/h2-6H,7H2,1H3,(H2,10,11,13). The Bertz CT molecular complexity index is 264. The molecule has 13 heavy (non-hydrogen) atoms. The molecule has 3 nitrogen and oxygen atoms in total. The smallest absolute Gasteiger partial charge is 0.172 e. The van der Waals surface area contributed by atoms with Gasteiger partial charge in [-0.25, -0.2) is 0 Å². The molecular formula is C9H12N2OS. The monoisotopic (exact) mass is 196 g/mol. The molecule has 0 aliphatic rings. The molecule has 0 aliphatic carbocycles. The Morgan fingerprint density at radius 3 is 2.69 bits per heavy atom. The van der Waals surface area contributed by atoms with Gasteiger partial charge in [-0.3, -0.25) is 0 Å². The summed E-state index contributed by atoms with van der Waals surface area (Å²) in [5.41, 5.74) is 0.969.